The summed E-state index contributed by atoms with van der Waals surface area (Å²) in [5, 5.41) is 2.08. The molecule has 0 radical (unpaired) electrons. The van der Waals surface area contributed by atoms with Crippen LogP contribution in [0.4, 0.5) is 0 Å². The molecule has 0 unspecified atom stereocenters. The lowest BCUT2D eigenvalue weighted by Gasteiger charge is -2.34. The van der Waals surface area contributed by atoms with Crippen LogP contribution in [0, 0.1) is 0 Å². The molecular formula is C51H32N4O. The summed E-state index contributed by atoms with van der Waals surface area (Å²) in [5.74, 6) is 1.79. The zero-order chi connectivity index (χ0) is 37.1. The predicted molar refractivity (Wildman–Crippen MR) is 224 cm³/mol. The summed E-state index contributed by atoms with van der Waals surface area (Å²) in [6, 6.07) is 63.8. The van der Waals surface area contributed by atoms with Gasteiger partial charge in [0.05, 0.1) is 5.41 Å². The molecule has 11 rings (SSSR count). The lowest BCUT2D eigenvalue weighted by Crippen LogP contribution is -2.28. The van der Waals surface area contributed by atoms with E-state index in [4.69, 9.17) is 19.4 Å². The van der Waals surface area contributed by atoms with Crippen LogP contribution in [0.5, 0.6) is 0 Å². The van der Waals surface area contributed by atoms with Crippen molar-refractivity contribution < 1.29 is 4.42 Å². The summed E-state index contributed by atoms with van der Waals surface area (Å²) >= 11 is 0. The monoisotopic (exact) mass is 716 g/mol. The number of hydrogen-bond acceptors (Lipinski definition) is 5. The standard InChI is InChI=1S/C51H32N4O/c1-3-13-38(14-4-1)51(39-15-5-2-6-16-39)44-19-9-7-17-40(44)41-27-25-36(31-45(41)51)50-54-48(34-23-21-33(22-24-34)37-12-11-29-52-32-37)53-49(55-50)35-26-28-47-43(30-35)42-18-8-10-20-46(42)56-47/h1-32H. The lowest BCUT2D eigenvalue weighted by molar-refractivity contribution is 0.669. The Balaban J connectivity index is 1.13. The maximum atomic E-state index is 6.18. The fourth-order valence-corrected chi connectivity index (χ4v) is 8.56. The molecule has 0 fully saturated rings. The minimum absolute atomic E-state index is 0.543. The Kier molecular flexibility index (Phi) is 7.32. The highest BCUT2D eigenvalue weighted by Crippen LogP contribution is 2.56. The van der Waals surface area contributed by atoms with Gasteiger partial charge in [-0.25, -0.2) is 15.0 Å². The number of para-hydroxylation sites is 1. The molecule has 262 valence electrons. The van der Waals surface area contributed by atoms with E-state index in [2.05, 4.69) is 151 Å². The van der Waals surface area contributed by atoms with E-state index in [-0.39, 0.29) is 0 Å². The number of hydrogen-bond donors (Lipinski definition) is 0. The molecule has 3 heterocycles. The van der Waals surface area contributed by atoms with Crippen molar-refractivity contribution in [1.82, 2.24) is 19.9 Å². The first-order valence-corrected chi connectivity index (χ1v) is 18.8. The topological polar surface area (TPSA) is 64.7 Å². The molecule has 0 spiro atoms. The van der Waals surface area contributed by atoms with Crippen LogP contribution in [0.1, 0.15) is 22.3 Å². The quantitative estimate of drug-likeness (QED) is 0.171. The molecular weight excluding hydrogens is 685 g/mol. The molecule has 10 aromatic rings. The van der Waals surface area contributed by atoms with Crippen LogP contribution in [0.3, 0.4) is 0 Å². The van der Waals surface area contributed by atoms with Crippen LogP contribution in [0.15, 0.2) is 199 Å². The average molecular weight is 717 g/mol. The summed E-state index contributed by atoms with van der Waals surface area (Å²) < 4.78 is 6.18. The van der Waals surface area contributed by atoms with Gasteiger partial charge in [0, 0.05) is 39.9 Å². The molecule has 1 aliphatic rings. The number of fused-ring (bicyclic) bond motifs is 6. The number of pyridine rings is 1. The van der Waals surface area contributed by atoms with E-state index in [0.29, 0.717) is 17.5 Å². The first-order chi connectivity index (χ1) is 27.7. The molecule has 0 bridgehead atoms. The SMILES string of the molecule is c1ccc(C2(c3ccccc3)c3ccccc3-c3ccc(-c4nc(-c5ccc(-c6cccnc6)cc5)nc(-c5ccc6oc7ccccc7c6c5)n4)cc32)cc1. The van der Waals surface area contributed by atoms with Gasteiger partial charge in [0.1, 0.15) is 11.2 Å². The van der Waals surface area contributed by atoms with Crippen molar-refractivity contribution in [1.29, 1.82) is 0 Å². The fraction of sp³-hybridized carbons (Fsp3) is 0.0196. The van der Waals surface area contributed by atoms with Crippen molar-refractivity contribution in [3.63, 3.8) is 0 Å². The van der Waals surface area contributed by atoms with Gasteiger partial charge >= 0.3 is 0 Å². The minimum atomic E-state index is -0.543. The second kappa shape index (κ2) is 12.8. The summed E-state index contributed by atoms with van der Waals surface area (Å²) in [5.41, 5.74) is 13.3. The Morgan fingerprint density at radius 3 is 1.68 bits per heavy atom. The van der Waals surface area contributed by atoms with E-state index in [1.54, 1.807) is 6.20 Å². The first kappa shape index (κ1) is 32.0. The lowest BCUT2D eigenvalue weighted by atomic mass is 9.67. The van der Waals surface area contributed by atoms with Crippen molar-refractivity contribution in [2.75, 3.05) is 0 Å². The molecule has 0 saturated heterocycles. The molecule has 7 aromatic carbocycles. The fourth-order valence-electron chi connectivity index (χ4n) is 8.56. The molecule has 56 heavy (non-hydrogen) atoms. The van der Waals surface area contributed by atoms with Gasteiger partial charge in [0.15, 0.2) is 17.5 Å². The van der Waals surface area contributed by atoms with Crippen molar-refractivity contribution in [3.05, 3.63) is 217 Å². The highest BCUT2D eigenvalue weighted by molar-refractivity contribution is 6.06. The highest BCUT2D eigenvalue weighted by Gasteiger charge is 2.46. The van der Waals surface area contributed by atoms with Crippen molar-refractivity contribution in [2.45, 2.75) is 5.41 Å². The summed E-state index contributed by atoms with van der Waals surface area (Å²) in [6.45, 7) is 0. The zero-order valence-electron chi connectivity index (χ0n) is 30.2. The van der Waals surface area contributed by atoms with Gasteiger partial charge in [-0.15, -0.1) is 0 Å². The third-order valence-electron chi connectivity index (χ3n) is 11.1. The van der Waals surface area contributed by atoms with Gasteiger partial charge < -0.3 is 4.42 Å². The van der Waals surface area contributed by atoms with Crippen LogP contribution in [0.2, 0.25) is 0 Å². The summed E-state index contributed by atoms with van der Waals surface area (Å²) in [7, 11) is 0. The molecule has 0 aliphatic heterocycles. The third kappa shape index (κ3) is 5.02. The number of rotatable bonds is 6. The summed E-state index contributed by atoms with van der Waals surface area (Å²) in [4.78, 5) is 19.9. The Morgan fingerprint density at radius 1 is 0.375 bits per heavy atom. The number of furan rings is 1. The zero-order valence-corrected chi connectivity index (χ0v) is 30.2. The van der Waals surface area contributed by atoms with E-state index in [1.807, 2.05) is 42.6 Å². The molecule has 3 aromatic heterocycles. The maximum Gasteiger partial charge on any atom is 0.164 e. The second-order valence-corrected chi connectivity index (χ2v) is 14.2. The second-order valence-electron chi connectivity index (χ2n) is 14.2. The van der Waals surface area contributed by atoms with E-state index in [1.165, 1.54) is 33.4 Å². The predicted octanol–water partition coefficient (Wildman–Crippen LogP) is 12.2. The number of aromatic nitrogens is 4. The third-order valence-corrected chi connectivity index (χ3v) is 11.1. The van der Waals surface area contributed by atoms with Crippen LogP contribution in [0.25, 0.3) is 78.4 Å². The molecule has 0 atom stereocenters. The Bertz CT molecular complexity index is 3030. The van der Waals surface area contributed by atoms with Crippen LogP contribution >= 0.6 is 0 Å². The van der Waals surface area contributed by atoms with Crippen molar-refractivity contribution in [3.8, 4) is 56.4 Å². The van der Waals surface area contributed by atoms with Gasteiger partial charge in [-0.05, 0) is 80.9 Å². The van der Waals surface area contributed by atoms with E-state index >= 15 is 0 Å². The Labute approximate surface area is 323 Å². The molecule has 1 aliphatic carbocycles. The first-order valence-electron chi connectivity index (χ1n) is 18.8. The number of nitrogens with zero attached hydrogens (tertiary/aromatic N) is 4. The van der Waals surface area contributed by atoms with Gasteiger partial charge in [-0.2, -0.15) is 0 Å². The largest absolute Gasteiger partial charge is 0.456 e. The van der Waals surface area contributed by atoms with Crippen molar-refractivity contribution >= 4 is 21.9 Å². The van der Waals surface area contributed by atoms with E-state index < -0.39 is 5.41 Å². The summed E-state index contributed by atoms with van der Waals surface area (Å²) in [6.07, 6.45) is 3.66. The Morgan fingerprint density at radius 2 is 0.946 bits per heavy atom. The smallest absolute Gasteiger partial charge is 0.164 e. The van der Waals surface area contributed by atoms with Gasteiger partial charge in [-0.3, -0.25) is 4.98 Å². The molecule has 5 nitrogen and oxygen atoms in total. The highest BCUT2D eigenvalue weighted by atomic mass is 16.3. The van der Waals surface area contributed by atoms with E-state index in [9.17, 15) is 0 Å². The van der Waals surface area contributed by atoms with E-state index in [0.717, 1.165) is 49.8 Å². The van der Waals surface area contributed by atoms with Crippen LogP contribution in [-0.2, 0) is 5.41 Å². The number of benzene rings is 7. The molecule has 0 N–H and O–H groups in total. The molecule has 0 saturated carbocycles. The average Bonchev–Trinajstić information content (AvgIpc) is 3.80. The maximum absolute atomic E-state index is 6.18. The van der Waals surface area contributed by atoms with Gasteiger partial charge in [0.25, 0.3) is 0 Å². The Hall–Kier alpha value is -7.50. The molecule has 0 amide bonds. The van der Waals surface area contributed by atoms with Crippen LogP contribution in [-0.4, -0.2) is 19.9 Å². The van der Waals surface area contributed by atoms with Crippen molar-refractivity contribution in [2.24, 2.45) is 0 Å². The van der Waals surface area contributed by atoms with Crippen LogP contribution < -0.4 is 0 Å². The minimum Gasteiger partial charge on any atom is -0.456 e. The van der Waals surface area contributed by atoms with Gasteiger partial charge in [0.2, 0.25) is 0 Å². The van der Waals surface area contributed by atoms with Gasteiger partial charge in [-0.1, -0.05) is 146 Å². The molecule has 5 heteroatoms. The normalized spacial score (nSPS) is 12.8.